The van der Waals surface area contributed by atoms with Gasteiger partial charge in [-0.15, -0.1) is 0 Å². The number of benzene rings is 2. The molecule has 2 amide bonds. The van der Waals surface area contributed by atoms with Crippen LogP contribution >= 0.6 is 0 Å². The maximum Gasteiger partial charge on any atom is 0.407 e. The van der Waals surface area contributed by atoms with Crippen LogP contribution in [0.1, 0.15) is 43.2 Å². The second-order valence-corrected chi connectivity index (χ2v) is 8.46. The summed E-state index contributed by atoms with van der Waals surface area (Å²) >= 11 is 0. The van der Waals surface area contributed by atoms with E-state index in [4.69, 9.17) is 14.6 Å². The third-order valence-corrected chi connectivity index (χ3v) is 5.82. The Balaban J connectivity index is 1.27. The molecule has 1 unspecified atom stereocenters. The molecule has 0 aromatic heterocycles. The fraction of sp³-hybridized carbons (Fsp3) is 0.423. The Morgan fingerprint density at radius 1 is 0.941 bits per heavy atom. The van der Waals surface area contributed by atoms with Crippen molar-refractivity contribution in [2.75, 3.05) is 32.9 Å². The van der Waals surface area contributed by atoms with E-state index >= 15 is 0 Å². The Kier molecular flexibility index (Phi) is 9.46. The highest BCUT2D eigenvalue weighted by molar-refractivity contribution is 5.79. The summed E-state index contributed by atoms with van der Waals surface area (Å²) in [6, 6.07) is 16.3. The standard InChI is InChI=1S/C26H32N2O6/c1-18(16-25(30)31)10-12-27-24(29)11-14-33-15-13-28-26(32)34-17-23-21-8-4-2-6-19(21)20-7-3-5-9-22(20)23/h2-9,18,23H,10-17H2,1H3,(H,27,29)(H,28,32)(H,30,31). The van der Waals surface area contributed by atoms with Crippen molar-refractivity contribution in [3.8, 4) is 11.1 Å². The van der Waals surface area contributed by atoms with Crippen molar-refractivity contribution in [2.24, 2.45) is 5.92 Å². The van der Waals surface area contributed by atoms with Gasteiger partial charge in [-0.2, -0.15) is 0 Å². The van der Waals surface area contributed by atoms with Gasteiger partial charge in [0.15, 0.2) is 0 Å². The molecular weight excluding hydrogens is 436 g/mol. The van der Waals surface area contributed by atoms with Crippen LogP contribution in [0.5, 0.6) is 0 Å². The quantitative estimate of drug-likeness (QED) is 0.388. The summed E-state index contributed by atoms with van der Waals surface area (Å²) in [7, 11) is 0. The van der Waals surface area contributed by atoms with Crippen molar-refractivity contribution in [3.05, 3.63) is 59.7 Å². The van der Waals surface area contributed by atoms with E-state index < -0.39 is 12.1 Å². The van der Waals surface area contributed by atoms with Crippen LogP contribution in [-0.2, 0) is 19.1 Å². The fourth-order valence-corrected chi connectivity index (χ4v) is 4.09. The van der Waals surface area contributed by atoms with Gasteiger partial charge in [0.25, 0.3) is 0 Å². The normalized spacial score (nSPS) is 13.0. The zero-order valence-corrected chi connectivity index (χ0v) is 19.4. The zero-order valence-electron chi connectivity index (χ0n) is 19.4. The smallest absolute Gasteiger partial charge is 0.407 e. The molecule has 1 atom stereocenters. The monoisotopic (exact) mass is 468 g/mol. The van der Waals surface area contributed by atoms with Crippen LogP contribution < -0.4 is 10.6 Å². The van der Waals surface area contributed by atoms with Gasteiger partial charge in [-0.05, 0) is 34.6 Å². The van der Waals surface area contributed by atoms with E-state index in [2.05, 4.69) is 34.9 Å². The first kappa shape index (κ1) is 25.2. The number of hydrogen-bond donors (Lipinski definition) is 3. The lowest BCUT2D eigenvalue weighted by Gasteiger charge is -2.14. The van der Waals surface area contributed by atoms with Gasteiger partial charge in [-0.25, -0.2) is 4.79 Å². The Bertz CT molecular complexity index is 947. The van der Waals surface area contributed by atoms with Gasteiger partial charge < -0.3 is 25.2 Å². The van der Waals surface area contributed by atoms with Crippen LogP contribution in [0.15, 0.2) is 48.5 Å². The molecule has 2 aromatic rings. The number of aliphatic carboxylic acids is 1. The minimum absolute atomic E-state index is 0.0121. The fourth-order valence-electron chi connectivity index (χ4n) is 4.09. The lowest BCUT2D eigenvalue weighted by molar-refractivity contribution is -0.138. The maximum absolute atomic E-state index is 12.1. The molecule has 1 aliphatic carbocycles. The molecule has 0 radical (unpaired) electrons. The summed E-state index contributed by atoms with van der Waals surface area (Å²) in [5, 5.41) is 14.1. The molecule has 0 fully saturated rings. The molecule has 34 heavy (non-hydrogen) atoms. The molecule has 3 rings (SSSR count). The average molecular weight is 469 g/mol. The summed E-state index contributed by atoms with van der Waals surface area (Å²) in [4.78, 5) is 34.5. The summed E-state index contributed by atoms with van der Waals surface area (Å²) in [5.41, 5.74) is 4.68. The molecule has 0 bridgehead atoms. The molecule has 0 saturated carbocycles. The van der Waals surface area contributed by atoms with Crippen LogP contribution in [0.25, 0.3) is 11.1 Å². The van der Waals surface area contributed by atoms with Crippen molar-refractivity contribution in [3.63, 3.8) is 0 Å². The van der Waals surface area contributed by atoms with Gasteiger partial charge in [-0.3, -0.25) is 9.59 Å². The van der Waals surface area contributed by atoms with Crippen LogP contribution in [0.3, 0.4) is 0 Å². The predicted molar refractivity (Wildman–Crippen MR) is 128 cm³/mol. The first-order chi connectivity index (χ1) is 16.5. The van der Waals surface area contributed by atoms with Gasteiger partial charge >= 0.3 is 12.1 Å². The maximum atomic E-state index is 12.1. The van der Waals surface area contributed by atoms with E-state index in [1.807, 2.05) is 31.2 Å². The molecule has 3 N–H and O–H groups in total. The molecule has 2 aromatic carbocycles. The van der Waals surface area contributed by atoms with Crippen LogP contribution in [0, 0.1) is 5.92 Å². The second kappa shape index (κ2) is 12.7. The minimum atomic E-state index is -0.834. The number of carbonyl (C=O) groups is 3. The third-order valence-electron chi connectivity index (χ3n) is 5.82. The zero-order chi connectivity index (χ0) is 24.3. The van der Waals surface area contributed by atoms with Gasteiger partial charge in [0.2, 0.25) is 5.91 Å². The number of ether oxygens (including phenoxy) is 2. The lowest BCUT2D eigenvalue weighted by Crippen LogP contribution is -2.30. The summed E-state index contributed by atoms with van der Waals surface area (Å²) < 4.78 is 10.9. The number of hydrogen-bond acceptors (Lipinski definition) is 5. The number of nitrogens with one attached hydrogen (secondary N) is 2. The molecule has 0 heterocycles. The van der Waals surface area contributed by atoms with E-state index in [9.17, 15) is 14.4 Å². The minimum Gasteiger partial charge on any atom is -0.481 e. The molecule has 8 heteroatoms. The van der Waals surface area contributed by atoms with Crippen molar-refractivity contribution < 1.29 is 29.0 Å². The number of rotatable bonds is 13. The third kappa shape index (κ3) is 7.31. The molecule has 182 valence electrons. The number of amides is 2. The Labute approximate surface area is 199 Å². The van der Waals surface area contributed by atoms with Crippen molar-refractivity contribution >= 4 is 18.0 Å². The second-order valence-electron chi connectivity index (χ2n) is 8.46. The van der Waals surface area contributed by atoms with Gasteiger partial charge in [0, 0.05) is 31.8 Å². The van der Waals surface area contributed by atoms with E-state index in [1.54, 1.807) is 0 Å². The molecule has 1 aliphatic rings. The largest absolute Gasteiger partial charge is 0.481 e. The molecule has 0 spiro atoms. The Morgan fingerprint density at radius 3 is 2.24 bits per heavy atom. The molecule has 0 saturated heterocycles. The summed E-state index contributed by atoms with van der Waals surface area (Å²) in [6.07, 6.45) is 0.412. The summed E-state index contributed by atoms with van der Waals surface area (Å²) in [5.74, 6) is -0.955. The number of carbonyl (C=O) groups excluding carboxylic acids is 2. The first-order valence-corrected chi connectivity index (χ1v) is 11.6. The van der Waals surface area contributed by atoms with Crippen molar-refractivity contribution in [1.82, 2.24) is 10.6 Å². The first-order valence-electron chi connectivity index (χ1n) is 11.6. The van der Waals surface area contributed by atoms with Crippen LogP contribution in [0.2, 0.25) is 0 Å². The Hall–Kier alpha value is -3.39. The number of fused-ring (bicyclic) bond motifs is 3. The SMILES string of the molecule is CC(CCNC(=O)CCOCCNC(=O)OCC1c2ccccc2-c2ccccc21)CC(=O)O. The molecule has 8 nitrogen and oxygen atoms in total. The van der Waals surface area contributed by atoms with Crippen molar-refractivity contribution in [1.29, 1.82) is 0 Å². The van der Waals surface area contributed by atoms with Gasteiger partial charge in [-0.1, -0.05) is 55.5 Å². The number of carboxylic acids is 1. The van der Waals surface area contributed by atoms with Crippen LogP contribution in [0.4, 0.5) is 4.79 Å². The van der Waals surface area contributed by atoms with Gasteiger partial charge in [0.05, 0.1) is 13.2 Å². The molecular formula is C26H32N2O6. The Morgan fingerprint density at radius 2 is 1.59 bits per heavy atom. The lowest BCUT2D eigenvalue weighted by atomic mass is 9.98. The van der Waals surface area contributed by atoms with E-state index in [1.165, 1.54) is 11.1 Å². The summed E-state index contributed by atoms with van der Waals surface area (Å²) in [6.45, 7) is 3.33. The predicted octanol–water partition coefficient (Wildman–Crippen LogP) is 3.55. The highest BCUT2D eigenvalue weighted by atomic mass is 16.5. The van der Waals surface area contributed by atoms with E-state index in [-0.39, 0.29) is 57.0 Å². The highest BCUT2D eigenvalue weighted by Crippen LogP contribution is 2.44. The molecule has 0 aliphatic heterocycles. The number of carboxylic acid groups (broad SMARTS) is 1. The van der Waals surface area contributed by atoms with Crippen molar-refractivity contribution in [2.45, 2.75) is 32.1 Å². The van der Waals surface area contributed by atoms with E-state index in [0.717, 1.165) is 11.1 Å². The highest BCUT2D eigenvalue weighted by Gasteiger charge is 2.28. The van der Waals surface area contributed by atoms with E-state index in [0.29, 0.717) is 13.0 Å². The van der Waals surface area contributed by atoms with Crippen LogP contribution in [-0.4, -0.2) is 56.0 Å². The van der Waals surface area contributed by atoms with Gasteiger partial charge in [0.1, 0.15) is 6.61 Å². The topological polar surface area (TPSA) is 114 Å². The number of alkyl carbamates (subject to hydrolysis) is 1. The average Bonchev–Trinajstić information content (AvgIpc) is 3.13.